The summed E-state index contributed by atoms with van der Waals surface area (Å²) in [5.41, 5.74) is 2.89. The van der Waals surface area contributed by atoms with Crippen LogP contribution in [0, 0.1) is 5.92 Å². The van der Waals surface area contributed by atoms with Gasteiger partial charge in [-0.25, -0.2) is 9.97 Å². The van der Waals surface area contributed by atoms with Crippen LogP contribution >= 0.6 is 11.6 Å². The van der Waals surface area contributed by atoms with Gasteiger partial charge in [-0.05, 0) is 55.3 Å². The average molecular weight is 512 g/mol. The number of carbonyl (C=O) groups excluding carboxylic acids is 1. The number of aliphatic hydroxyl groups excluding tert-OH is 1. The number of aliphatic hydroxyl groups is 1. The van der Waals surface area contributed by atoms with E-state index in [1.165, 1.54) is 0 Å². The Hall–Kier alpha value is -2.22. The van der Waals surface area contributed by atoms with Crippen molar-refractivity contribution in [1.29, 1.82) is 0 Å². The Balaban J connectivity index is 1.35. The Kier molecular flexibility index (Phi) is 7.52. The highest BCUT2D eigenvalue weighted by Crippen LogP contribution is 2.43. The minimum atomic E-state index is -0.514. The number of benzene rings is 1. The number of rotatable bonds is 6. The van der Waals surface area contributed by atoms with E-state index in [0.717, 1.165) is 61.7 Å². The van der Waals surface area contributed by atoms with Crippen LogP contribution in [0.25, 0.3) is 0 Å². The van der Waals surface area contributed by atoms with Crippen LogP contribution in [0.15, 0.2) is 30.6 Å². The van der Waals surface area contributed by atoms with Crippen molar-refractivity contribution in [2.24, 2.45) is 5.92 Å². The van der Waals surface area contributed by atoms with Gasteiger partial charge in [-0.3, -0.25) is 9.69 Å². The minimum absolute atomic E-state index is 0.187. The summed E-state index contributed by atoms with van der Waals surface area (Å²) in [5.74, 6) is 1.74. The van der Waals surface area contributed by atoms with Gasteiger partial charge in [-0.2, -0.15) is 0 Å². The van der Waals surface area contributed by atoms with Gasteiger partial charge in [0.1, 0.15) is 12.1 Å². The first-order valence-corrected chi connectivity index (χ1v) is 13.8. The van der Waals surface area contributed by atoms with E-state index in [0.29, 0.717) is 30.5 Å². The molecular formula is C28H38ClN5O2. The highest BCUT2D eigenvalue weighted by atomic mass is 35.5. The lowest BCUT2D eigenvalue weighted by molar-refractivity contribution is -0.134. The monoisotopic (exact) mass is 511 g/mol. The molecule has 1 aliphatic carbocycles. The van der Waals surface area contributed by atoms with E-state index in [4.69, 9.17) is 11.6 Å². The fourth-order valence-electron chi connectivity index (χ4n) is 6.41. The van der Waals surface area contributed by atoms with Crippen molar-refractivity contribution >= 4 is 23.3 Å². The van der Waals surface area contributed by atoms with E-state index in [2.05, 4.69) is 40.5 Å². The molecule has 1 aromatic carbocycles. The zero-order valence-corrected chi connectivity index (χ0v) is 22.4. The van der Waals surface area contributed by atoms with Crippen LogP contribution in [0.2, 0.25) is 5.02 Å². The van der Waals surface area contributed by atoms with E-state index < -0.39 is 6.10 Å². The summed E-state index contributed by atoms with van der Waals surface area (Å²) >= 11 is 6.20. The van der Waals surface area contributed by atoms with Crippen LogP contribution < -0.4 is 4.90 Å². The van der Waals surface area contributed by atoms with Crippen molar-refractivity contribution in [3.05, 3.63) is 52.4 Å². The molecule has 7 nitrogen and oxygen atoms in total. The van der Waals surface area contributed by atoms with Gasteiger partial charge < -0.3 is 14.9 Å². The molecule has 3 heterocycles. The molecule has 1 N–H and O–H groups in total. The molecule has 2 fully saturated rings. The standard InChI is InChI=1S/C28H38ClN5O2/c1-18(2)16-34-10-4-5-22(34)25(20-6-8-21(29)9-7-20)28(36)33-13-11-32(12-14-33)27-24-19(3)15-23(35)26(24)30-17-31-27/h6-9,17-19,22-23,25,35H,4-5,10-16H2,1-3H3/t19-,22?,23-,25?/m1/s1. The number of aromatic nitrogens is 2. The van der Waals surface area contributed by atoms with Crippen molar-refractivity contribution in [2.45, 2.75) is 64.0 Å². The zero-order chi connectivity index (χ0) is 25.4. The van der Waals surface area contributed by atoms with Gasteiger partial charge in [-0.15, -0.1) is 0 Å². The molecule has 1 aromatic heterocycles. The molecule has 4 atom stereocenters. The molecule has 8 heteroatoms. The third-order valence-electron chi connectivity index (χ3n) is 8.06. The number of amides is 1. The Morgan fingerprint density at radius 3 is 2.53 bits per heavy atom. The van der Waals surface area contributed by atoms with E-state index in [1.807, 2.05) is 29.2 Å². The average Bonchev–Trinajstić information content (AvgIpc) is 3.43. The molecule has 0 bridgehead atoms. The molecule has 2 aliphatic heterocycles. The van der Waals surface area contributed by atoms with Crippen LogP contribution in [0.1, 0.15) is 74.8 Å². The second kappa shape index (κ2) is 10.6. The topological polar surface area (TPSA) is 72.8 Å². The third kappa shape index (κ3) is 4.98. The van der Waals surface area contributed by atoms with Gasteiger partial charge in [0.25, 0.3) is 0 Å². The first-order valence-electron chi connectivity index (χ1n) is 13.4. The smallest absolute Gasteiger partial charge is 0.231 e. The Labute approximate surface area is 219 Å². The second-order valence-electron chi connectivity index (χ2n) is 11.1. The van der Waals surface area contributed by atoms with E-state index >= 15 is 0 Å². The summed E-state index contributed by atoms with van der Waals surface area (Å²) in [6.07, 6.45) is 3.91. The zero-order valence-electron chi connectivity index (χ0n) is 21.6. The molecule has 2 unspecified atom stereocenters. The molecule has 3 aliphatic rings. The molecule has 0 radical (unpaired) electrons. The van der Waals surface area contributed by atoms with E-state index in [-0.39, 0.29) is 23.8 Å². The lowest BCUT2D eigenvalue weighted by Gasteiger charge is -2.40. The Bertz CT molecular complexity index is 1070. The molecule has 1 amide bonds. The van der Waals surface area contributed by atoms with Gasteiger partial charge in [0, 0.05) is 49.4 Å². The SMILES string of the molecule is CC(C)CN1CCCC1C(C(=O)N1CCN(c2ncnc3c2[C@H](C)C[C@H]3O)CC1)c1ccc(Cl)cc1. The van der Waals surface area contributed by atoms with Crippen LogP contribution in [-0.4, -0.2) is 76.1 Å². The predicted octanol–water partition coefficient (Wildman–Crippen LogP) is 4.22. The number of likely N-dealkylation sites (tertiary alicyclic amines) is 1. The fourth-order valence-corrected chi connectivity index (χ4v) is 6.54. The highest BCUT2D eigenvalue weighted by molar-refractivity contribution is 6.30. The quantitative estimate of drug-likeness (QED) is 0.626. The van der Waals surface area contributed by atoms with Crippen molar-refractivity contribution in [2.75, 3.05) is 44.2 Å². The summed E-state index contributed by atoms with van der Waals surface area (Å²) in [4.78, 5) is 29.9. The van der Waals surface area contributed by atoms with E-state index in [1.54, 1.807) is 6.33 Å². The molecule has 0 spiro atoms. The first kappa shape index (κ1) is 25.4. The molecule has 0 saturated carbocycles. The van der Waals surface area contributed by atoms with Crippen molar-refractivity contribution in [3.8, 4) is 0 Å². The fraction of sp³-hybridized carbons (Fsp3) is 0.607. The molecule has 2 aromatic rings. The number of anilines is 1. The minimum Gasteiger partial charge on any atom is -0.387 e. The lowest BCUT2D eigenvalue weighted by Crippen LogP contribution is -2.53. The van der Waals surface area contributed by atoms with Gasteiger partial charge >= 0.3 is 0 Å². The summed E-state index contributed by atoms with van der Waals surface area (Å²) in [7, 11) is 0. The summed E-state index contributed by atoms with van der Waals surface area (Å²) in [6, 6.07) is 8.09. The maximum atomic E-state index is 14.1. The predicted molar refractivity (Wildman–Crippen MR) is 142 cm³/mol. The number of hydrogen-bond acceptors (Lipinski definition) is 6. The molecule has 36 heavy (non-hydrogen) atoms. The van der Waals surface area contributed by atoms with Crippen LogP contribution in [0.3, 0.4) is 0 Å². The van der Waals surface area contributed by atoms with Crippen molar-refractivity contribution in [1.82, 2.24) is 19.8 Å². The Morgan fingerprint density at radius 2 is 1.83 bits per heavy atom. The van der Waals surface area contributed by atoms with Gasteiger partial charge in [0.2, 0.25) is 5.91 Å². The van der Waals surface area contributed by atoms with Crippen LogP contribution in [0.5, 0.6) is 0 Å². The maximum Gasteiger partial charge on any atom is 0.231 e. The summed E-state index contributed by atoms with van der Waals surface area (Å²) < 4.78 is 0. The van der Waals surface area contributed by atoms with Gasteiger partial charge in [0.05, 0.1) is 17.7 Å². The van der Waals surface area contributed by atoms with Crippen LogP contribution in [0.4, 0.5) is 5.82 Å². The number of nitrogens with zero attached hydrogens (tertiary/aromatic N) is 5. The number of hydrogen-bond donors (Lipinski definition) is 1. The number of piperazine rings is 1. The largest absolute Gasteiger partial charge is 0.387 e. The highest BCUT2D eigenvalue weighted by Gasteiger charge is 2.40. The number of fused-ring (bicyclic) bond motifs is 1. The van der Waals surface area contributed by atoms with Crippen LogP contribution in [-0.2, 0) is 4.79 Å². The molecular weight excluding hydrogens is 474 g/mol. The van der Waals surface area contributed by atoms with Gasteiger partial charge in [-0.1, -0.05) is 44.5 Å². The Morgan fingerprint density at radius 1 is 1.11 bits per heavy atom. The number of halogens is 1. The van der Waals surface area contributed by atoms with Crippen molar-refractivity contribution < 1.29 is 9.90 Å². The second-order valence-corrected chi connectivity index (χ2v) is 11.5. The third-order valence-corrected chi connectivity index (χ3v) is 8.32. The maximum absolute atomic E-state index is 14.1. The van der Waals surface area contributed by atoms with Crippen molar-refractivity contribution in [3.63, 3.8) is 0 Å². The molecule has 5 rings (SSSR count). The molecule has 194 valence electrons. The van der Waals surface area contributed by atoms with Gasteiger partial charge in [0.15, 0.2) is 0 Å². The lowest BCUT2D eigenvalue weighted by atomic mass is 9.88. The van der Waals surface area contributed by atoms with E-state index in [9.17, 15) is 9.90 Å². The molecule has 2 saturated heterocycles. The normalized spacial score (nSPS) is 25.4. The summed E-state index contributed by atoms with van der Waals surface area (Å²) in [5, 5.41) is 11.1. The number of carbonyl (C=O) groups is 1. The summed E-state index contributed by atoms with van der Waals surface area (Å²) in [6.45, 7) is 11.5. The first-order chi connectivity index (χ1) is 17.3.